The summed E-state index contributed by atoms with van der Waals surface area (Å²) in [7, 11) is 0. The number of nitrogens with one attached hydrogen (secondary N) is 1. The monoisotopic (exact) mass is 466 g/mol. The van der Waals surface area contributed by atoms with E-state index >= 15 is 0 Å². The van der Waals surface area contributed by atoms with Gasteiger partial charge in [-0.2, -0.15) is 0 Å². The Kier molecular flexibility index (Phi) is 10.0. The summed E-state index contributed by atoms with van der Waals surface area (Å²) in [5, 5.41) is 4.08. The van der Waals surface area contributed by atoms with Crippen LogP contribution in [-0.2, 0) is 21.8 Å². The number of hydrogen-bond donors (Lipinski definition) is 1. The van der Waals surface area contributed by atoms with Crippen molar-refractivity contribution >= 4 is 46.8 Å². The molecule has 162 valence electrons. The van der Waals surface area contributed by atoms with E-state index < -0.39 is 6.04 Å². The summed E-state index contributed by atoms with van der Waals surface area (Å²) in [6.07, 6.45) is 0.694. The van der Waals surface area contributed by atoms with Crippen LogP contribution in [0.25, 0.3) is 0 Å². The number of carbonyl (C=O) groups excluding carboxylic acids is 2. The molecule has 7 heteroatoms. The van der Waals surface area contributed by atoms with Gasteiger partial charge in [0.1, 0.15) is 6.04 Å². The van der Waals surface area contributed by atoms with Crippen molar-refractivity contribution in [2.24, 2.45) is 0 Å². The van der Waals surface area contributed by atoms with Gasteiger partial charge >= 0.3 is 0 Å². The molecule has 0 aromatic heterocycles. The lowest BCUT2D eigenvalue weighted by Gasteiger charge is -2.29. The van der Waals surface area contributed by atoms with Crippen molar-refractivity contribution in [1.82, 2.24) is 10.2 Å². The average molecular weight is 467 g/mol. The molecule has 2 aromatic carbocycles. The first-order chi connectivity index (χ1) is 14.3. The van der Waals surface area contributed by atoms with Gasteiger partial charge < -0.3 is 10.2 Å². The minimum absolute atomic E-state index is 0.0208. The number of benzene rings is 2. The van der Waals surface area contributed by atoms with Crippen LogP contribution < -0.4 is 5.32 Å². The molecule has 0 aliphatic carbocycles. The van der Waals surface area contributed by atoms with Crippen molar-refractivity contribution in [2.45, 2.75) is 45.0 Å². The molecule has 0 heterocycles. The van der Waals surface area contributed by atoms with Gasteiger partial charge in [-0.3, -0.25) is 9.59 Å². The van der Waals surface area contributed by atoms with Crippen LogP contribution in [0.15, 0.2) is 48.5 Å². The summed E-state index contributed by atoms with van der Waals surface area (Å²) >= 11 is 13.6. The lowest BCUT2D eigenvalue weighted by atomic mass is 10.1. The number of rotatable bonds is 10. The third-order valence-corrected chi connectivity index (χ3v) is 6.13. The minimum atomic E-state index is -0.539. The van der Waals surface area contributed by atoms with Gasteiger partial charge in [0.15, 0.2) is 0 Å². The van der Waals surface area contributed by atoms with Crippen molar-refractivity contribution in [3.63, 3.8) is 0 Å². The zero-order valence-corrected chi connectivity index (χ0v) is 19.9. The van der Waals surface area contributed by atoms with E-state index in [-0.39, 0.29) is 23.6 Å². The lowest BCUT2D eigenvalue weighted by Crippen LogP contribution is -2.50. The Bertz CT molecular complexity index is 846. The van der Waals surface area contributed by atoms with E-state index in [1.165, 1.54) is 11.8 Å². The zero-order chi connectivity index (χ0) is 22.1. The van der Waals surface area contributed by atoms with Crippen LogP contribution in [0.1, 0.15) is 31.9 Å². The first-order valence-electron chi connectivity index (χ1n) is 9.93. The van der Waals surface area contributed by atoms with E-state index in [1.54, 1.807) is 24.0 Å². The lowest BCUT2D eigenvalue weighted by molar-refractivity contribution is -0.138. The molecule has 30 heavy (non-hydrogen) atoms. The second-order valence-electron chi connectivity index (χ2n) is 7.39. The van der Waals surface area contributed by atoms with E-state index in [0.29, 0.717) is 28.8 Å². The fourth-order valence-electron chi connectivity index (χ4n) is 2.95. The van der Waals surface area contributed by atoms with Gasteiger partial charge in [-0.05, 0) is 50.5 Å². The Balaban J connectivity index is 2.01. The van der Waals surface area contributed by atoms with Crippen LogP contribution in [0.4, 0.5) is 0 Å². The standard InChI is InChI=1S/C23H28Cl2N2O2S/c1-16(2)26-23(29)17(3)27(12-11-18-7-5-4-6-8-18)22(28)15-30-14-19-9-10-20(24)13-21(19)25/h4-10,13,16-17H,11-12,14-15H2,1-3H3,(H,26,29)/t17-/m1/s1. The van der Waals surface area contributed by atoms with E-state index in [2.05, 4.69) is 5.32 Å². The van der Waals surface area contributed by atoms with Crippen LogP contribution in [-0.4, -0.2) is 41.1 Å². The normalized spacial score (nSPS) is 11.9. The second kappa shape index (κ2) is 12.2. The summed E-state index contributed by atoms with van der Waals surface area (Å²) in [5.74, 6) is 0.665. The highest BCUT2D eigenvalue weighted by Gasteiger charge is 2.26. The average Bonchev–Trinajstić information content (AvgIpc) is 2.70. The smallest absolute Gasteiger partial charge is 0.242 e. The topological polar surface area (TPSA) is 49.4 Å². The van der Waals surface area contributed by atoms with Crippen molar-refractivity contribution in [1.29, 1.82) is 0 Å². The molecule has 0 aliphatic heterocycles. The van der Waals surface area contributed by atoms with E-state index in [1.807, 2.05) is 50.2 Å². The highest BCUT2D eigenvalue weighted by atomic mass is 35.5. The molecule has 0 fully saturated rings. The molecule has 0 radical (unpaired) electrons. The summed E-state index contributed by atoms with van der Waals surface area (Å²) in [6, 6.07) is 14.8. The van der Waals surface area contributed by atoms with E-state index in [4.69, 9.17) is 23.2 Å². The van der Waals surface area contributed by atoms with Crippen LogP contribution in [0.3, 0.4) is 0 Å². The molecule has 0 aliphatic rings. The summed E-state index contributed by atoms with van der Waals surface area (Å²) in [6.45, 7) is 6.08. The largest absolute Gasteiger partial charge is 0.352 e. The van der Waals surface area contributed by atoms with Gasteiger partial charge in [0.25, 0.3) is 0 Å². The molecule has 0 bridgehead atoms. The highest BCUT2D eigenvalue weighted by molar-refractivity contribution is 7.99. The second-order valence-corrected chi connectivity index (χ2v) is 9.22. The van der Waals surface area contributed by atoms with Crippen LogP contribution in [0, 0.1) is 0 Å². The number of nitrogens with zero attached hydrogens (tertiary/aromatic N) is 1. The molecule has 2 rings (SSSR count). The molecule has 0 unspecified atom stereocenters. The summed E-state index contributed by atoms with van der Waals surface area (Å²) in [4.78, 5) is 27.2. The Labute approximate surface area is 193 Å². The third kappa shape index (κ3) is 7.86. The zero-order valence-electron chi connectivity index (χ0n) is 17.5. The van der Waals surface area contributed by atoms with Gasteiger partial charge in [-0.15, -0.1) is 11.8 Å². The molecule has 0 saturated carbocycles. The van der Waals surface area contributed by atoms with Gasteiger partial charge in [0.2, 0.25) is 11.8 Å². The molecular formula is C23H28Cl2N2O2S. The highest BCUT2D eigenvalue weighted by Crippen LogP contribution is 2.25. The van der Waals surface area contributed by atoms with Crippen LogP contribution in [0.5, 0.6) is 0 Å². The molecule has 2 amide bonds. The van der Waals surface area contributed by atoms with Crippen LogP contribution in [0.2, 0.25) is 10.0 Å². The van der Waals surface area contributed by atoms with Crippen molar-refractivity contribution in [3.8, 4) is 0 Å². The number of thioether (sulfide) groups is 1. The van der Waals surface area contributed by atoms with Crippen LogP contribution >= 0.6 is 35.0 Å². The number of hydrogen-bond acceptors (Lipinski definition) is 3. The fraction of sp³-hybridized carbons (Fsp3) is 0.391. The maximum Gasteiger partial charge on any atom is 0.242 e. The third-order valence-electron chi connectivity index (χ3n) is 4.58. The first-order valence-corrected chi connectivity index (χ1v) is 11.8. The SMILES string of the molecule is CC(C)NC(=O)[C@@H](C)N(CCc1ccccc1)C(=O)CSCc1ccc(Cl)cc1Cl. The summed E-state index contributed by atoms with van der Waals surface area (Å²) in [5.41, 5.74) is 2.06. The molecule has 4 nitrogen and oxygen atoms in total. The molecule has 2 aromatic rings. The first kappa shape index (κ1) is 24.6. The summed E-state index contributed by atoms with van der Waals surface area (Å²) < 4.78 is 0. The predicted octanol–water partition coefficient (Wildman–Crippen LogP) is 5.21. The molecule has 1 N–H and O–H groups in total. The van der Waals surface area contributed by atoms with Gasteiger partial charge in [-0.25, -0.2) is 0 Å². The molecular weight excluding hydrogens is 439 g/mol. The van der Waals surface area contributed by atoms with Gasteiger partial charge in [0, 0.05) is 28.4 Å². The molecule has 0 spiro atoms. The van der Waals surface area contributed by atoms with Crippen molar-refractivity contribution in [3.05, 3.63) is 69.7 Å². The number of amides is 2. The molecule has 1 atom stereocenters. The Hall–Kier alpha value is -1.69. The van der Waals surface area contributed by atoms with E-state index in [0.717, 1.165) is 11.1 Å². The van der Waals surface area contributed by atoms with Crippen molar-refractivity contribution in [2.75, 3.05) is 12.3 Å². The number of carbonyl (C=O) groups is 2. The number of halogens is 2. The minimum Gasteiger partial charge on any atom is -0.352 e. The van der Waals surface area contributed by atoms with Gasteiger partial charge in [-0.1, -0.05) is 59.6 Å². The van der Waals surface area contributed by atoms with Gasteiger partial charge in [0.05, 0.1) is 5.75 Å². The Morgan fingerprint density at radius 2 is 1.77 bits per heavy atom. The predicted molar refractivity (Wildman–Crippen MR) is 127 cm³/mol. The Morgan fingerprint density at radius 3 is 2.40 bits per heavy atom. The maximum absolute atomic E-state index is 13.0. The Morgan fingerprint density at radius 1 is 1.07 bits per heavy atom. The maximum atomic E-state index is 13.0. The molecule has 0 saturated heterocycles. The van der Waals surface area contributed by atoms with E-state index in [9.17, 15) is 9.59 Å². The fourth-order valence-corrected chi connectivity index (χ4v) is 4.41. The van der Waals surface area contributed by atoms with Crippen molar-refractivity contribution < 1.29 is 9.59 Å². The quantitative estimate of drug-likeness (QED) is 0.522.